The van der Waals surface area contributed by atoms with Crippen molar-refractivity contribution in [2.24, 2.45) is 0 Å². The van der Waals surface area contributed by atoms with Crippen LogP contribution in [0.4, 0.5) is 0 Å². The monoisotopic (exact) mass is 300 g/mol. The van der Waals surface area contributed by atoms with Crippen LogP contribution in [0.3, 0.4) is 0 Å². The zero-order valence-electron chi connectivity index (χ0n) is 13.2. The van der Waals surface area contributed by atoms with Gasteiger partial charge in [0.15, 0.2) is 0 Å². The van der Waals surface area contributed by atoms with Crippen LogP contribution >= 0.6 is 0 Å². The van der Waals surface area contributed by atoms with Crippen LogP contribution in [0.1, 0.15) is 44.1 Å². The SMILES string of the molecule is CCCCn1cc(C2CCNCC2)c2cc(OC=O)ccc21. The molecule has 1 N–H and O–H groups in total. The molecule has 118 valence electrons. The van der Waals surface area contributed by atoms with Crippen LogP contribution in [0.25, 0.3) is 10.9 Å². The number of aryl methyl sites for hydroxylation is 1. The van der Waals surface area contributed by atoms with Crippen molar-refractivity contribution in [2.45, 2.75) is 45.1 Å². The Morgan fingerprint density at radius 1 is 1.36 bits per heavy atom. The van der Waals surface area contributed by atoms with Crippen molar-refractivity contribution in [1.82, 2.24) is 9.88 Å². The van der Waals surface area contributed by atoms with Crippen molar-refractivity contribution >= 4 is 17.4 Å². The van der Waals surface area contributed by atoms with Gasteiger partial charge in [0.25, 0.3) is 6.47 Å². The van der Waals surface area contributed by atoms with E-state index in [-0.39, 0.29) is 0 Å². The maximum Gasteiger partial charge on any atom is 0.298 e. The number of unbranched alkanes of at least 4 members (excludes halogenated alkanes) is 1. The maximum atomic E-state index is 10.6. The Morgan fingerprint density at radius 2 is 2.18 bits per heavy atom. The molecule has 0 bridgehead atoms. The first-order valence-corrected chi connectivity index (χ1v) is 8.27. The molecule has 22 heavy (non-hydrogen) atoms. The van der Waals surface area contributed by atoms with Crippen LogP contribution in [0.5, 0.6) is 5.75 Å². The van der Waals surface area contributed by atoms with Crippen LogP contribution in [-0.4, -0.2) is 24.1 Å². The summed E-state index contributed by atoms with van der Waals surface area (Å²) in [7, 11) is 0. The lowest BCUT2D eigenvalue weighted by Gasteiger charge is -2.22. The Hall–Kier alpha value is -1.81. The number of fused-ring (bicyclic) bond motifs is 1. The van der Waals surface area contributed by atoms with E-state index < -0.39 is 0 Å². The van der Waals surface area contributed by atoms with Gasteiger partial charge < -0.3 is 14.6 Å². The van der Waals surface area contributed by atoms with E-state index in [1.807, 2.05) is 12.1 Å². The summed E-state index contributed by atoms with van der Waals surface area (Å²) < 4.78 is 7.41. The van der Waals surface area contributed by atoms with E-state index in [9.17, 15) is 4.79 Å². The number of nitrogens with one attached hydrogen (secondary N) is 1. The second-order valence-electron chi connectivity index (χ2n) is 6.05. The molecule has 1 aliphatic rings. The van der Waals surface area contributed by atoms with Gasteiger partial charge in [0.2, 0.25) is 0 Å². The summed E-state index contributed by atoms with van der Waals surface area (Å²) in [5.41, 5.74) is 2.66. The van der Waals surface area contributed by atoms with E-state index in [1.54, 1.807) is 0 Å². The Labute approximate surface area is 131 Å². The molecule has 1 aromatic heterocycles. The predicted octanol–water partition coefficient (Wildman–Crippen LogP) is 3.44. The molecule has 2 heterocycles. The van der Waals surface area contributed by atoms with Crippen LogP contribution in [0.2, 0.25) is 0 Å². The number of ether oxygens (including phenoxy) is 1. The summed E-state index contributed by atoms with van der Waals surface area (Å²) in [6.45, 7) is 5.92. The molecule has 1 saturated heterocycles. The fourth-order valence-electron chi connectivity index (χ4n) is 3.40. The maximum absolute atomic E-state index is 10.6. The van der Waals surface area contributed by atoms with E-state index in [0.717, 1.165) is 19.6 Å². The largest absolute Gasteiger partial charge is 0.429 e. The second kappa shape index (κ2) is 6.97. The standard InChI is InChI=1S/C18H24N2O2/c1-2-3-10-20-12-17(14-6-8-19-9-7-14)16-11-15(22-13-21)4-5-18(16)20/h4-5,11-14,19H,2-3,6-10H2,1H3. The highest BCUT2D eigenvalue weighted by Gasteiger charge is 2.20. The zero-order valence-corrected chi connectivity index (χ0v) is 13.2. The minimum atomic E-state index is 0.499. The molecule has 1 fully saturated rings. The van der Waals surface area contributed by atoms with Crippen molar-refractivity contribution < 1.29 is 9.53 Å². The van der Waals surface area contributed by atoms with Gasteiger partial charge in [0.05, 0.1) is 0 Å². The molecule has 0 spiro atoms. The first-order chi connectivity index (χ1) is 10.8. The summed E-state index contributed by atoms with van der Waals surface area (Å²) in [5.74, 6) is 1.23. The molecule has 1 aliphatic heterocycles. The molecule has 3 rings (SSSR count). The fraction of sp³-hybridized carbons (Fsp3) is 0.500. The van der Waals surface area contributed by atoms with E-state index in [4.69, 9.17) is 4.74 Å². The van der Waals surface area contributed by atoms with Gasteiger partial charge in [-0.05, 0) is 62.0 Å². The van der Waals surface area contributed by atoms with Gasteiger partial charge in [-0.15, -0.1) is 0 Å². The van der Waals surface area contributed by atoms with E-state index >= 15 is 0 Å². The molecular formula is C18H24N2O2. The minimum absolute atomic E-state index is 0.499. The summed E-state index contributed by atoms with van der Waals surface area (Å²) in [6, 6.07) is 5.98. The van der Waals surface area contributed by atoms with Gasteiger partial charge in [-0.25, -0.2) is 0 Å². The van der Waals surface area contributed by atoms with Gasteiger partial charge in [0.1, 0.15) is 5.75 Å². The molecular weight excluding hydrogens is 276 g/mol. The van der Waals surface area contributed by atoms with Gasteiger partial charge in [-0.3, -0.25) is 4.79 Å². The quantitative estimate of drug-likeness (QED) is 0.831. The highest BCUT2D eigenvalue weighted by atomic mass is 16.5. The first kappa shape index (κ1) is 15.1. The number of carbonyl (C=O) groups is 1. The molecule has 4 nitrogen and oxygen atoms in total. The lowest BCUT2D eigenvalue weighted by atomic mass is 9.90. The molecule has 0 atom stereocenters. The zero-order chi connectivity index (χ0) is 15.4. The van der Waals surface area contributed by atoms with Gasteiger partial charge in [-0.1, -0.05) is 13.3 Å². The van der Waals surface area contributed by atoms with Crippen LogP contribution in [0, 0.1) is 0 Å². The average Bonchev–Trinajstić information content (AvgIpc) is 2.92. The summed E-state index contributed by atoms with van der Waals surface area (Å²) >= 11 is 0. The fourth-order valence-corrected chi connectivity index (χ4v) is 3.40. The second-order valence-corrected chi connectivity index (χ2v) is 6.05. The lowest BCUT2D eigenvalue weighted by molar-refractivity contribution is -0.120. The Kier molecular flexibility index (Phi) is 4.78. The summed E-state index contributed by atoms with van der Waals surface area (Å²) in [5, 5.41) is 4.67. The summed E-state index contributed by atoms with van der Waals surface area (Å²) in [4.78, 5) is 10.6. The van der Waals surface area contributed by atoms with Crippen LogP contribution in [0.15, 0.2) is 24.4 Å². The molecule has 0 aliphatic carbocycles. The van der Waals surface area contributed by atoms with Crippen molar-refractivity contribution in [3.8, 4) is 5.75 Å². The number of benzene rings is 1. The third-order valence-corrected chi connectivity index (χ3v) is 4.60. The number of carbonyl (C=O) groups excluding carboxylic acids is 1. The highest BCUT2D eigenvalue weighted by Crippen LogP contribution is 2.35. The molecule has 0 unspecified atom stereocenters. The Bertz CT molecular complexity index is 642. The smallest absolute Gasteiger partial charge is 0.298 e. The molecule has 0 saturated carbocycles. The van der Waals surface area contributed by atoms with Crippen LogP contribution < -0.4 is 10.1 Å². The van der Waals surface area contributed by atoms with Crippen LogP contribution in [-0.2, 0) is 11.3 Å². The number of nitrogens with zero attached hydrogens (tertiary/aromatic N) is 1. The van der Waals surface area contributed by atoms with E-state index in [2.05, 4.69) is 29.1 Å². The van der Waals surface area contributed by atoms with Crippen molar-refractivity contribution in [2.75, 3.05) is 13.1 Å². The third-order valence-electron chi connectivity index (χ3n) is 4.60. The minimum Gasteiger partial charge on any atom is -0.429 e. The topological polar surface area (TPSA) is 43.3 Å². The number of aromatic nitrogens is 1. The predicted molar refractivity (Wildman–Crippen MR) is 88.4 cm³/mol. The van der Waals surface area contributed by atoms with Gasteiger partial charge >= 0.3 is 0 Å². The van der Waals surface area contributed by atoms with Gasteiger partial charge in [-0.2, -0.15) is 0 Å². The molecule has 0 amide bonds. The van der Waals surface area contributed by atoms with E-state index in [0.29, 0.717) is 18.1 Å². The first-order valence-electron chi connectivity index (χ1n) is 8.27. The number of rotatable bonds is 6. The molecule has 2 aromatic rings. The lowest BCUT2D eigenvalue weighted by Crippen LogP contribution is -2.26. The third kappa shape index (κ3) is 3.02. The molecule has 0 radical (unpaired) electrons. The Balaban J connectivity index is 2.02. The van der Waals surface area contributed by atoms with Gasteiger partial charge in [0, 0.05) is 23.6 Å². The average molecular weight is 300 g/mol. The number of hydrogen-bond acceptors (Lipinski definition) is 3. The number of hydrogen-bond donors (Lipinski definition) is 1. The van der Waals surface area contributed by atoms with E-state index in [1.165, 1.54) is 42.1 Å². The van der Waals surface area contributed by atoms with Crippen molar-refractivity contribution in [1.29, 1.82) is 0 Å². The number of piperidine rings is 1. The summed E-state index contributed by atoms with van der Waals surface area (Å²) in [6.07, 6.45) is 7.04. The highest BCUT2D eigenvalue weighted by molar-refractivity contribution is 5.86. The Morgan fingerprint density at radius 3 is 2.91 bits per heavy atom. The van der Waals surface area contributed by atoms with Crippen molar-refractivity contribution in [3.63, 3.8) is 0 Å². The van der Waals surface area contributed by atoms with Crippen molar-refractivity contribution in [3.05, 3.63) is 30.0 Å². The molecule has 1 aromatic carbocycles. The normalized spacial score (nSPS) is 16.0. The molecule has 4 heteroatoms.